The van der Waals surface area contributed by atoms with Crippen molar-refractivity contribution < 1.29 is 13.7 Å². The van der Waals surface area contributed by atoms with Gasteiger partial charge in [0.25, 0.3) is 0 Å². The molecule has 1 aliphatic rings. The van der Waals surface area contributed by atoms with E-state index in [0.717, 1.165) is 44.1 Å². The van der Waals surface area contributed by atoms with Crippen LogP contribution < -0.4 is 5.46 Å². The van der Waals surface area contributed by atoms with Crippen molar-refractivity contribution in [3.05, 3.63) is 97.1 Å². The van der Waals surface area contributed by atoms with Crippen LogP contribution in [0.5, 0.6) is 0 Å². The highest BCUT2D eigenvalue weighted by Gasteiger charge is 2.51. The maximum Gasteiger partial charge on any atom is 0.494 e. The number of hydrogen-bond acceptors (Lipinski definition) is 6. The van der Waals surface area contributed by atoms with E-state index in [9.17, 15) is 0 Å². The first kappa shape index (κ1) is 24.7. The zero-order chi connectivity index (χ0) is 27.5. The molecule has 0 N–H and O–H groups in total. The van der Waals surface area contributed by atoms with E-state index in [1.165, 1.54) is 0 Å². The Bertz CT molecular complexity index is 1790. The Balaban J connectivity index is 1.35. The van der Waals surface area contributed by atoms with Gasteiger partial charge in [-0.05, 0) is 57.4 Å². The predicted molar refractivity (Wildman–Crippen MR) is 159 cm³/mol. The average molecular weight is 525 g/mol. The molecule has 1 saturated heterocycles. The maximum absolute atomic E-state index is 6.31. The van der Waals surface area contributed by atoms with E-state index in [1.54, 1.807) is 0 Å². The fourth-order valence-electron chi connectivity index (χ4n) is 5.00. The second-order valence-electron chi connectivity index (χ2n) is 11.2. The van der Waals surface area contributed by atoms with Crippen LogP contribution in [0.3, 0.4) is 0 Å². The van der Waals surface area contributed by atoms with Crippen LogP contribution >= 0.6 is 0 Å². The summed E-state index contributed by atoms with van der Waals surface area (Å²) in [6, 6.07) is 32.1. The summed E-state index contributed by atoms with van der Waals surface area (Å²) in [6.45, 7) is 8.25. The van der Waals surface area contributed by atoms with Crippen LogP contribution in [0, 0.1) is 0 Å². The van der Waals surface area contributed by atoms with E-state index >= 15 is 0 Å². The molecule has 0 radical (unpaired) electrons. The Morgan fingerprint density at radius 3 is 1.55 bits per heavy atom. The van der Waals surface area contributed by atoms with E-state index in [2.05, 4.69) is 39.8 Å². The third-order valence-electron chi connectivity index (χ3n) is 7.98. The van der Waals surface area contributed by atoms with Crippen molar-refractivity contribution in [1.29, 1.82) is 0 Å². The molecule has 4 aromatic carbocycles. The summed E-state index contributed by atoms with van der Waals surface area (Å²) in [7, 11) is -0.451. The fraction of sp³-hybridized carbons (Fsp3) is 0.182. The Kier molecular flexibility index (Phi) is 5.63. The second kappa shape index (κ2) is 9.12. The molecular formula is C33H28BN3O3. The van der Waals surface area contributed by atoms with Crippen LogP contribution in [-0.4, -0.2) is 33.3 Å². The van der Waals surface area contributed by atoms with Gasteiger partial charge in [-0.25, -0.2) is 15.0 Å². The third-order valence-corrected chi connectivity index (χ3v) is 7.98. The summed E-state index contributed by atoms with van der Waals surface area (Å²) in [6.07, 6.45) is 0. The van der Waals surface area contributed by atoms with Crippen molar-refractivity contribution in [2.45, 2.75) is 38.9 Å². The van der Waals surface area contributed by atoms with Gasteiger partial charge in [-0.15, -0.1) is 0 Å². The molecule has 6 nitrogen and oxygen atoms in total. The highest BCUT2D eigenvalue weighted by Crippen LogP contribution is 2.37. The predicted octanol–water partition coefficient (Wildman–Crippen LogP) is 7.07. The number of rotatable bonds is 4. The first-order chi connectivity index (χ1) is 19.3. The summed E-state index contributed by atoms with van der Waals surface area (Å²) in [5.74, 6) is 1.86. The van der Waals surface area contributed by atoms with Crippen LogP contribution in [0.1, 0.15) is 27.7 Å². The van der Waals surface area contributed by atoms with Crippen molar-refractivity contribution in [3.8, 4) is 34.2 Å². The van der Waals surface area contributed by atoms with Gasteiger partial charge in [-0.3, -0.25) is 0 Å². The van der Waals surface area contributed by atoms with Gasteiger partial charge >= 0.3 is 7.12 Å². The van der Waals surface area contributed by atoms with E-state index in [4.69, 9.17) is 28.7 Å². The van der Waals surface area contributed by atoms with Gasteiger partial charge in [-0.2, -0.15) is 0 Å². The van der Waals surface area contributed by atoms with Gasteiger partial charge in [0.05, 0.1) is 11.2 Å². The minimum Gasteiger partial charge on any atom is -0.456 e. The molecule has 40 heavy (non-hydrogen) atoms. The highest BCUT2D eigenvalue weighted by atomic mass is 16.7. The van der Waals surface area contributed by atoms with Crippen LogP contribution in [0.25, 0.3) is 56.1 Å². The molecule has 0 unspecified atom stereocenters. The number of fused-ring (bicyclic) bond motifs is 3. The van der Waals surface area contributed by atoms with Gasteiger partial charge in [0.1, 0.15) is 11.2 Å². The Morgan fingerprint density at radius 1 is 0.525 bits per heavy atom. The number of benzene rings is 4. The smallest absolute Gasteiger partial charge is 0.456 e. The van der Waals surface area contributed by atoms with Crippen LogP contribution in [0.2, 0.25) is 0 Å². The fourth-order valence-corrected chi connectivity index (χ4v) is 5.00. The number of furan rings is 1. The van der Waals surface area contributed by atoms with Gasteiger partial charge in [0.2, 0.25) is 0 Å². The van der Waals surface area contributed by atoms with Gasteiger partial charge in [-0.1, -0.05) is 72.8 Å². The van der Waals surface area contributed by atoms with Gasteiger partial charge in [0.15, 0.2) is 17.5 Å². The van der Waals surface area contributed by atoms with E-state index in [-0.39, 0.29) is 0 Å². The number of hydrogen-bond donors (Lipinski definition) is 0. The lowest BCUT2D eigenvalue weighted by molar-refractivity contribution is 0.00578. The monoisotopic (exact) mass is 525 g/mol. The van der Waals surface area contributed by atoms with Gasteiger partial charge in [0, 0.05) is 27.5 Å². The molecule has 2 aromatic heterocycles. The molecule has 196 valence electrons. The molecular weight excluding hydrogens is 497 g/mol. The van der Waals surface area contributed by atoms with Crippen molar-refractivity contribution in [1.82, 2.24) is 15.0 Å². The summed E-state index contributed by atoms with van der Waals surface area (Å²) < 4.78 is 18.8. The first-order valence-corrected chi connectivity index (χ1v) is 13.5. The molecule has 3 heterocycles. The van der Waals surface area contributed by atoms with E-state index in [0.29, 0.717) is 17.5 Å². The molecule has 0 bridgehead atoms. The molecule has 1 aliphatic heterocycles. The maximum atomic E-state index is 6.31. The molecule has 7 rings (SSSR count). The van der Waals surface area contributed by atoms with Crippen molar-refractivity contribution in [2.24, 2.45) is 0 Å². The molecule has 7 heteroatoms. The van der Waals surface area contributed by atoms with E-state index in [1.807, 2.05) is 84.9 Å². The molecule has 0 atom stereocenters. The Labute approximate surface area is 233 Å². The lowest BCUT2D eigenvalue weighted by Gasteiger charge is -2.32. The first-order valence-electron chi connectivity index (χ1n) is 13.5. The van der Waals surface area contributed by atoms with Crippen molar-refractivity contribution in [2.75, 3.05) is 0 Å². The number of nitrogens with zero attached hydrogens (tertiary/aromatic N) is 3. The molecule has 0 amide bonds. The highest BCUT2D eigenvalue weighted by molar-refractivity contribution is 6.62. The molecule has 0 spiro atoms. The largest absolute Gasteiger partial charge is 0.494 e. The molecule has 0 aliphatic carbocycles. The molecule has 0 saturated carbocycles. The van der Waals surface area contributed by atoms with Crippen LogP contribution in [0.15, 0.2) is 101 Å². The topological polar surface area (TPSA) is 70.3 Å². The minimum absolute atomic E-state index is 0.413. The molecule has 1 fully saturated rings. The second-order valence-corrected chi connectivity index (χ2v) is 11.2. The Morgan fingerprint density at radius 2 is 1.00 bits per heavy atom. The average Bonchev–Trinajstić information content (AvgIpc) is 3.45. The van der Waals surface area contributed by atoms with Gasteiger partial charge < -0.3 is 13.7 Å². The van der Waals surface area contributed by atoms with Crippen LogP contribution in [0.4, 0.5) is 0 Å². The van der Waals surface area contributed by atoms with Crippen LogP contribution in [-0.2, 0) is 9.31 Å². The number of aromatic nitrogens is 3. The van der Waals surface area contributed by atoms with Crippen molar-refractivity contribution >= 4 is 34.5 Å². The SMILES string of the molecule is CC1(C)OB(c2ccc3oc4ccc(-c5nc(-c6ccccc6)nc(-c6ccccc6)n5)cc4c3c2)OC1(C)C. The lowest BCUT2D eigenvalue weighted by Crippen LogP contribution is -2.41. The zero-order valence-corrected chi connectivity index (χ0v) is 22.9. The Hall–Kier alpha value is -4.33. The van der Waals surface area contributed by atoms with Crippen molar-refractivity contribution in [3.63, 3.8) is 0 Å². The lowest BCUT2D eigenvalue weighted by atomic mass is 9.78. The minimum atomic E-state index is -0.451. The quantitative estimate of drug-likeness (QED) is 0.229. The zero-order valence-electron chi connectivity index (χ0n) is 22.9. The summed E-state index contributed by atoms with van der Waals surface area (Å²) in [4.78, 5) is 14.6. The summed E-state index contributed by atoms with van der Waals surface area (Å²) >= 11 is 0. The third kappa shape index (κ3) is 4.19. The standard InChI is InChI=1S/C33H28BN3O3/c1-32(2)33(3,4)40-34(39-32)24-16-18-28-26(20-24)25-19-23(15-17-27(25)38-28)31-36-29(21-11-7-5-8-12-21)35-30(37-31)22-13-9-6-10-14-22/h5-20H,1-4H3. The summed E-state index contributed by atoms with van der Waals surface area (Å²) in [5, 5.41) is 1.97. The molecule has 6 aromatic rings. The normalized spacial score (nSPS) is 16.1. The summed E-state index contributed by atoms with van der Waals surface area (Å²) in [5.41, 5.74) is 4.48. The van der Waals surface area contributed by atoms with E-state index < -0.39 is 18.3 Å².